The number of hydrogen-bond acceptors (Lipinski definition) is 3. The van der Waals surface area contributed by atoms with Crippen molar-refractivity contribution < 1.29 is 0 Å². The molecule has 1 atom stereocenters. The van der Waals surface area contributed by atoms with Crippen molar-refractivity contribution in [1.29, 1.82) is 0 Å². The van der Waals surface area contributed by atoms with E-state index in [0.717, 1.165) is 18.9 Å². The topological polar surface area (TPSA) is 37.8 Å². The van der Waals surface area contributed by atoms with Gasteiger partial charge < -0.3 is 5.32 Å². The summed E-state index contributed by atoms with van der Waals surface area (Å²) < 4.78 is 0. The molecule has 3 nitrogen and oxygen atoms in total. The molecule has 1 aromatic rings. The van der Waals surface area contributed by atoms with Gasteiger partial charge >= 0.3 is 0 Å². The molecule has 1 unspecified atom stereocenters. The van der Waals surface area contributed by atoms with Gasteiger partial charge in [-0.3, -0.25) is 0 Å². The summed E-state index contributed by atoms with van der Waals surface area (Å²) >= 11 is 0. The Labute approximate surface area is 84.0 Å². The van der Waals surface area contributed by atoms with E-state index in [4.69, 9.17) is 0 Å². The van der Waals surface area contributed by atoms with Crippen molar-refractivity contribution in [2.45, 2.75) is 39.3 Å². The van der Waals surface area contributed by atoms with Crippen molar-refractivity contribution in [3.8, 4) is 0 Å². The van der Waals surface area contributed by atoms with E-state index in [9.17, 15) is 0 Å². The summed E-state index contributed by atoms with van der Waals surface area (Å²) in [5.41, 5.74) is 2.91. The van der Waals surface area contributed by atoms with Crippen molar-refractivity contribution in [2.75, 3.05) is 0 Å². The Morgan fingerprint density at radius 1 is 1.43 bits per heavy atom. The highest BCUT2D eigenvalue weighted by atomic mass is 15.0. The van der Waals surface area contributed by atoms with Crippen LogP contribution >= 0.6 is 0 Å². The third kappa shape index (κ3) is 1.16. The standard InChI is InChI=1S/C11H15N3/c1-11(2)3-8(11)10-13-5-7-4-12-6-9(7)14-10/h5,8,12H,3-4,6H2,1-2H3. The van der Waals surface area contributed by atoms with Gasteiger partial charge in [0.25, 0.3) is 0 Å². The number of fused-ring (bicyclic) bond motifs is 1. The zero-order valence-electron chi connectivity index (χ0n) is 8.67. The summed E-state index contributed by atoms with van der Waals surface area (Å²) in [4.78, 5) is 9.09. The van der Waals surface area contributed by atoms with Crippen LogP contribution in [0.5, 0.6) is 0 Å². The van der Waals surface area contributed by atoms with Crippen molar-refractivity contribution in [2.24, 2.45) is 5.41 Å². The van der Waals surface area contributed by atoms with Gasteiger partial charge in [0.2, 0.25) is 0 Å². The highest BCUT2D eigenvalue weighted by molar-refractivity contribution is 5.25. The molecule has 0 spiro atoms. The summed E-state index contributed by atoms with van der Waals surface area (Å²) in [6.07, 6.45) is 3.23. The summed E-state index contributed by atoms with van der Waals surface area (Å²) in [7, 11) is 0. The first-order chi connectivity index (χ1) is 6.67. The lowest BCUT2D eigenvalue weighted by Gasteiger charge is -2.03. The maximum absolute atomic E-state index is 4.64. The molecular weight excluding hydrogens is 174 g/mol. The van der Waals surface area contributed by atoms with Gasteiger partial charge in [-0.05, 0) is 11.8 Å². The largest absolute Gasteiger partial charge is 0.307 e. The second-order valence-electron chi connectivity index (χ2n) is 5.05. The third-order valence-corrected chi connectivity index (χ3v) is 3.41. The molecule has 0 saturated heterocycles. The molecule has 0 radical (unpaired) electrons. The van der Waals surface area contributed by atoms with Crippen LogP contribution in [0.25, 0.3) is 0 Å². The Hall–Kier alpha value is -0.960. The molecule has 0 aromatic carbocycles. The van der Waals surface area contributed by atoms with Crippen LogP contribution in [0.4, 0.5) is 0 Å². The Morgan fingerprint density at radius 2 is 2.21 bits per heavy atom. The second kappa shape index (κ2) is 2.54. The van der Waals surface area contributed by atoms with Gasteiger partial charge in [-0.1, -0.05) is 13.8 Å². The fourth-order valence-electron chi connectivity index (χ4n) is 2.15. The Morgan fingerprint density at radius 3 is 2.93 bits per heavy atom. The van der Waals surface area contributed by atoms with Crippen molar-refractivity contribution >= 4 is 0 Å². The molecule has 1 N–H and O–H groups in total. The molecule has 1 fully saturated rings. The van der Waals surface area contributed by atoms with E-state index in [2.05, 4.69) is 29.1 Å². The molecule has 14 heavy (non-hydrogen) atoms. The number of nitrogens with zero attached hydrogens (tertiary/aromatic N) is 2. The zero-order valence-corrected chi connectivity index (χ0v) is 8.67. The first-order valence-electron chi connectivity index (χ1n) is 5.22. The van der Waals surface area contributed by atoms with E-state index in [0.29, 0.717) is 11.3 Å². The second-order valence-corrected chi connectivity index (χ2v) is 5.05. The van der Waals surface area contributed by atoms with Crippen LogP contribution in [0.15, 0.2) is 6.20 Å². The van der Waals surface area contributed by atoms with E-state index >= 15 is 0 Å². The fourth-order valence-corrected chi connectivity index (χ4v) is 2.15. The van der Waals surface area contributed by atoms with Crippen LogP contribution < -0.4 is 5.32 Å². The molecule has 0 bridgehead atoms. The van der Waals surface area contributed by atoms with Crippen LogP contribution in [0.3, 0.4) is 0 Å². The SMILES string of the molecule is CC1(C)CC1c1ncc2c(n1)CNC2. The van der Waals surface area contributed by atoms with Gasteiger partial charge in [-0.15, -0.1) is 0 Å². The number of hydrogen-bond donors (Lipinski definition) is 1. The van der Waals surface area contributed by atoms with Crippen LogP contribution in [0.1, 0.15) is 43.3 Å². The lowest BCUT2D eigenvalue weighted by Crippen LogP contribution is -2.02. The molecule has 2 aliphatic rings. The number of nitrogens with one attached hydrogen (secondary N) is 1. The molecule has 3 rings (SSSR count). The molecular formula is C11H15N3. The highest BCUT2D eigenvalue weighted by Crippen LogP contribution is 2.57. The maximum atomic E-state index is 4.64. The fraction of sp³-hybridized carbons (Fsp3) is 0.636. The van der Waals surface area contributed by atoms with E-state index in [1.807, 2.05) is 6.20 Å². The minimum Gasteiger partial charge on any atom is -0.307 e. The van der Waals surface area contributed by atoms with Gasteiger partial charge in [0.05, 0.1) is 5.69 Å². The molecule has 3 heteroatoms. The lowest BCUT2D eigenvalue weighted by atomic mass is 10.1. The monoisotopic (exact) mass is 189 g/mol. The smallest absolute Gasteiger partial charge is 0.132 e. The molecule has 0 amide bonds. The van der Waals surface area contributed by atoms with Gasteiger partial charge in [0.1, 0.15) is 5.82 Å². The average molecular weight is 189 g/mol. The predicted molar refractivity (Wildman–Crippen MR) is 53.7 cm³/mol. The minimum atomic E-state index is 0.431. The zero-order chi connectivity index (χ0) is 9.76. The van der Waals surface area contributed by atoms with E-state index in [-0.39, 0.29) is 0 Å². The molecule has 74 valence electrons. The van der Waals surface area contributed by atoms with Crippen LogP contribution in [-0.4, -0.2) is 9.97 Å². The summed E-state index contributed by atoms with van der Waals surface area (Å²) in [5, 5.41) is 3.29. The minimum absolute atomic E-state index is 0.431. The average Bonchev–Trinajstić information content (AvgIpc) is 2.63. The van der Waals surface area contributed by atoms with Gasteiger partial charge in [-0.2, -0.15) is 0 Å². The highest BCUT2D eigenvalue weighted by Gasteiger charge is 2.48. The molecule has 1 saturated carbocycles. The van der Waals surface area contributed by atoms with Crippen LogP contribution in [0.2, 0.25) is 0 Å². The first kappa shape index (κ1) is 8.36. The van der Waals surface area contributed by atoms with E-state index < -0.39 is 0 Å². The normalized spacial score (nSPS) is 27.4. The van der Waals surface area contributed by atoms with Crippen molar-refractivity contribution in [3.63, 3.8) is 0 Å². The third-order valence-electron chi connectivity index (χ3n) is 3.41. The predicted octanol–water partition coefficient (Wildman–Crippen LogP) is 1.59. The Bertz CT molecular complexity index is 384. The molecule has 2 heterocycles. The molecule has 1 aromatic heterocycles. The van der Waals surface area contributed by atoms with Gasteiger partial charge in [0, 0.05) is 30.8 Å². The number of aromatic nitrogens is 2. The van der Waals surface area contributed by atoms with E-state index in [1.54, 1.807) is 0 Å². The molecule has 1 aliphatic carbocycles. The lowest BCUT2D eigenvalue weighted by molar-refractivity contribution is 0.606. The summed E-state index contributed by atoms with van der Waals surface area (Å²) in [6, 6.07) is 0. The first-order valence-corrected chi connectivity index (χ1v) is 5.22. The molecule has 1 aliphatic heterocycles. The Kier molecular flexibility index (Phi) is 1.52. The van der Waals surface area contributed by atoms with Crippen LogP contribution in [0, 0.1) is 5.41 Å². The van der Waals surface area contributed by atoms with Gasteiger partial charge in [-0.25, -0.2) is 9.97 Å². The summed E-state index contributed by atoms with van der Waals surface area (Å²) in [5.74, 6) is 1.64. The van der Waals surface area contributed by atoms with Gasteiger partial charge in [0.15, 0.2) is 0 Å². The maximum Gasteiger partial charge on any atom is 0.132 e. The number of rotatable bonds is 1. The van der Waals surface area contributed by atoms with Crippen molar-refractivity contribution in [3.05, 3.63) is 23.3 Å². The Balaban J connectivity index is 1.94. The van der Waals surface area contributed by atoms with E-state index in [1.165, 1.54) is 17.7 Å². The van der Waals surface area contributed by atoms with Crippen molar-refractivity contribution in [1.82, 2.24) is 15.3 Å². The quantitative estimate of drug-likeness (QED) is 0.729. The van der Waals surface area contributed by atoms with Crippen LogP contribution in [-0.2, 0) is 13.1 Å². The summed E-state index contributed by atoms with van der Waals surface area (Å²) in [6.45, 7) is 6.42.